The number of amides is 1. The molecule has 0 radical (unpaired) electrons. The summed E-state index contributed by atoms with van der Waals surface area (Å²) in [6, 6.07) is 11.4. The van der Waals surface area contributed by atoms with Gasteiger partial charge in [0.2, 0.25) is 0 Å². The number of nitrogens with one attached hydrogen (secondary N) is 1. The molecule has 1 amide bonds. The molecule has 1 aromatic carbocycles. The van der Waals surface area contributed by atoms with E-state index in [9.17, 15) is 14.7 Å². The number of likely N-dealkylation sites (tertiary alicyclic amines) is 1. The number of carbonyl (C=O) groups excluding carboxylic acids is 1. The summed E-state index contributed by atoms with van der Waals surface area (Å²) >= 11 is 0. The molecule has 1 fully saturated rings. The highest BCUT2D eigenvalue weighted by Crippen LogP contribution is 2.24. The molecular weight excluding hydrogens is 316 g/mol. The third kappa shape index (κ3) is 3.66. The van der Waals surface area contributed by atoms with Gasteiger partial charge >= 0.3 is 0 Å². The van der Waals surface area contributed by atoms with Gasteiger partial charge in [-0.3, -0.25) is 9.59 Å². The average Bonchev–Trinajstić information content (AvgIpc) is 2.62. The molecule has 1 aliphatic rings. The van der Waals surface area contributed by atoms with E-state index >= 15 is 0 Å². The fraction of sp³-hybridized carbons (Fsp3) is 0.400. The molecule has 5 heteroatoms. The van der Waals surface area contributed by atoms with E-state index in [0.717, 1.165) is 29.7 Å². The van der Waals surface area contributed by atoms with Crippen LogP contribution in [0.3, 0.4) is 0 Å². The van der Waals surface area contributed by atoms with Gasteiger partial charge in [0.1, 0.15) is 5.56 Å². The number of piperidine rings is 1. The third-order valence-corrected chi connectivity index (χ3v) is 5.06. The molecule has 2 heterocycles. The fourth-order valence-corrected chi connectivity index (χ4v) is 3.45. The number of H-pyrrole nitrogens is 1. The van der Waals surface area contributed by atoms with Crippen LogP contribution in [-0.4, -0.2) is 40.1 Å². The lowest BCUT2D eigenvalue weighted by Crippen LogP contribution is -2.42. The maximum absolute atomic E-state index is 12.8. The minimum absolute atomic E-state index is 0.181. The van der Waals surface area contributed by atoms with Crippen molar-refractivity contribution < 1.29 is 9.90 Å². The van der Waals surface area contributed by atoms with Crippen molar-refractivity contribution >= 4 is 5.91 Å². The molecule has 1 aliphatic heterocycles. The number of aromatic amines is 1. The van der Waals surface area contributed by atoms with Crippen molar-refractivity contribution in [1.82, 2.24) is 9.88 Å². The third-order valence-electron chi connectivity index (χ3n) is 5.06. The molecule has 1 saturated heterocycles. The number of nitrogens with zero attached hydrogens (tertiary/aromatic N) is 1. The molecule has 2 N–H and O–H groups in total. The van der Waals surface area contributed by atoms with E-state index in [-0.39, 0.29) is 29.1 Å². The Morgan fingerprint density at radius 3 is 2.48 bits per heavy atom. The van der Waals surface area contributed by atoms with Crippen LogP contribution in [0, 0.1) is 12.8 Å². The van der Waals surface area contributed by atoms with Crippen molar-refractivity contribution in [3.8, 4) is 11.1 Å². The number of carbonyl (C=O) groups is 1. The van der Waals surface area contributed by atoms with Crippen molar-refractivity contribution in [2.45, 2.75) is 32.8 Å². The standard InChI is InChI=1S/C20H24N2O3/c1-13-17(16-6-4-3-5-7-16)12-18(19(24)21-13)20(25)22-10-8-15(9-11-22)14(2)23/h3-7,12,14-15,23H,8-11H2,1-2H3,(H,21,24). The largest absolute Gasteiger partial charge is 0.393 e. The van der Waals surface area contributed by atoms with Crippen LogP contribution in [0.5, 0.6) is 0 Å². The van der Waals surface area contributed by atoms with Crippen LogP contribution >= 0.6 is 0 Å². The van der Waals surface area contributed by atoms with Gasteiger partial charge in [0.15, 0.2) is 0 Å². The Balaban J connectivity index is 1.87. The second-order valence-corrected chi connectivity index (χ2v) is 6.79. The van der Waals surface area contributed by atoms with Crippen LogP contribution in [0.4, 0.5) is 0 Å². The van der Waals surface area contributed by atoms with Gasteiger partial charge in [-0.2, -0.15) is 0 Å². The van der Waals surface area contributed by atoms with E-state index in [1.807, 2.05) is 37.3 Å². The van der Waals surface area contributed by atoms with Crippen LogP contribution in [0.1, 0.15) is 35.8 Å². The Morgan fingerprint density at radius 2 is 1.88 bits per heavy atom. The van der Waals surface area contributed by atoms with Crippen LogP contribution < -0.4 is 5.56 Å². The number of aliphatic hydroxyl groups is 1. The number of aryl methyl sites for hydroxylation is 1. The van der Waals surface area contributed by atoms with Crippen molar-refractivity contribution in [2.24, 2.45) is 5.92 Å². The SMILES string of the molecule is Cc1[nH]c(=O)c(C(=O)N2CCC(C(C)O)CC2)cc1-c1ccccc1. The van der Waals surface area contributed by atoms with Gasteiger partial charge in [0.05, 0.1) is 6.10 Å². The molecule has 1 unspecified atom stereocenters. The summed E-state index contributed by atoms with van der Waals surface area (Å²) in [5, 5.41) is 9.70. The molecule has 0 bridgehead atoms. The van der Waals surface area contributed by atoms with E-state index in [1.54, 1.807) is 17.9 Å². The van der Waals surface area contributed by atoms with Crippen LogP contribution in [0.25, 0.3) is 11.1 Å². The molecule has 0 aliphatic carbocycles. The highest BCUT2D eigenvalue weighted by molar-refractivity contribution is 5.95. The average molecular weight is 340 g/mol. The van der Waals surface area contributed by atoms with Crippen LogP contribution in [0.15, 0.2) is 41.2 Å². The molecule has 0 spiro atoms. The lowest BCUT2D eigenvalue weighted by molar-refractivity contribution is 0.0520. The van der Waals surface area contributed by atoms with Gasteiger partial charge in [0.25, 0.3) is 11.5 Å². The molecule has 2 aromatic rings. The topological polar surface area (TPSA) is 73.4 Å². The predicted molar refractivity (Wildman–Crippen MR) is 97.5 cm³/mol. The van der Waals surface area contributed by atoms with Crippen LogP contribution in [-0.2, 0) is 0 Å². The quantitative estimate of drug-likeness (QED) is 0.902. The number of hydrogen-bond donors (Lipinski definition) is 2. The van der Waals surface area contributed by atoms with Crippen molar-refractivity contribution in [2.75, 3.05) is 13.1 Å². The monoisotopic (exact) mass is 340 g/mol. The maximum Gasteiger partial charge on any atom is 0.261 e. The summed E-state index contributed by atoms with van der Waals surface area (Å²) < 4.78 is 0. The van der Waals surface area contributed by atoms with Gasteiger partial charge < -0.3 is 15.0 Å². The molecule has 1 aromatic heterocycles. The minimum atomic E-state index is -0.357. The molecule has 25 heavy (non-hydrogen) atoms. The Morgan fingerprint density at radius 1 is 1.24 bits per heavy atom. The molecule has 132 valence electrons. The first-order chi connectivity index (χ1) is 12.0. The zero-order valence-corrected chi connectivity index (χ0v) is 14.7. The first kappa shape index (κ1) is 17.4. The first-order valence-electron chi connectivity index (χ1n) is 8.74. The number of rotatable bonds is 3. The highest BCUT2D eigenvalue weighted by atomic mass is 16.3. The van der Waals surface area contributed by atoms with Gasteiger partial charge in [-0.15, -0.1) is 0 Å². The summed E-state index contributed by atoms with van der Waals surface area (Å²) in [5.74, 6) is -0.0114. The maximum atomic E-state index is 12.8. The summed E-state index contributed by atoms with van der Waals surface area (Å²) in [6.07, 6.45) is 1.17. The summed E-state index contributed by atoms with van der Waals surface area (Å²) in [7, 11) is 0. The van der Waals surface area contributed by atoms with Gasteiger partial charge in [-0.05, 0) is 44.2 Å². The predicted octanol–water partition coefficient (Wildman–Crippen LogP) is 2.58. The summed E-state index contributed by atoms with van der Waals surface area (Å²) in [5.41, 5.74) is 2.42. The Bertz CT molecular complexity index is 803. The number of benzene rings is 1. The molecule has 0 saturated carbocycles. The van der Waals surface area contributed by atoms with Crippen molar-refractivity contribution in [1.29, 1.82) is 0 Å². The number of pyridine rings is 1. The Hall–Kier alpha value is -2.40. The van der Waals surface area contributed by atoms with E-state index in [0.29, 0.717) is 13.1 Å². The Kier molecular flexibility index (Phi) is 5.04. The lowest BCUT2D eigenvalue weighted by Gasteiger charge is -2.33. The zero-order chi connectivity index (χ0) is 18.0. The lowest BCUT2D eigenvalue weighted by atomic mass is 9.92. The number of aliphatic hydroxyl groups excluding tert-OH is 1. The zero-order valence-electron chi connectivity index (χ0n) is 14.7. The normalized spacial score (nSPS) is 16.7. The van der Waals surface area contributed by atoms with Crippen LogP contribution in [0.2, 0.25) is 0 Å². The molecular formula is C20H24N2O3. The summed E-state index contributed by atoms with van der Waals surface area (Å²) in [6.45, 7) is 4.77. The number of aromatic nitrogens is 1. The fourth-order valence-electron chi connectivity index (χ4n) is 3.45. The van der Waals surface area contributed by atoms with Crippen molar-refractivity contribution in [3.63, 3.8) is 0 Å². The van der Waals surface area contributed by atoms with E-state index in [4.69, 9.17) is 0 Å². The Labute approximate surface area is 147 Å². The van der Waals surface area contributed by atoms with Gasteiger partial charge in [-0.1, -0.05) is 30.3 Å². The minimum Gasteiger partial charge on any atom is -0.393 e. The van der Waals surface area contributed by atoms with E-state index in [1.165, 1.54) is 0 Å². The first-order valence-corrected chi connectivity index (χ1v) is 8.74. The second kappa shape index (κ2) is 7.23. The molecule has 3 rings (SSSR count). The smallest absolute Gasteiger partial charge is 0.261 e. The van der Waals surface area contributed by atoms with E-state index < -0.39 is 0 Å². The van der Waals surface area contributed by atoms with Crippen molar-refractivity contribution in [3.05, 3.63) is 58.0 Å². The highest BCUT2D eigenvalue weighted by Gasteiger charge is 2.27. The summed E-state index contributed by atoms with van der Waals surface area (Å²) in [4.78, 5) is 29.7. The van der Waals surface area contributed by atoms with E-state index in [2.05, 4.69) is 4.98 Å². The van der Waals surface area contributed by atoms with Gasteiger partial charge in [-0.25, -0.2) is 0 Å². The molecule has 5 nitrogen and oxygen atoms in total. The molecule has 1 atom stereocenters. The van der Waals surface area contributed by atoms with Gasteiger partial charge in [0, 0.05) is 24.3 Å². The number of hydrogen-bond acceptors (Lipinski definition) is 3. The second-order valence-electron chi connectivity index (χ2n) is 6.79.